The van der Waals surface area contributed by atoms with Gasteiger partial charge in [0.2, 0.25) is 0 Å². The topological polar surface area (TPSA) is 57.6 Å². The average molecular weight is 303 g/mol. The summed E-state index contributed by atoms with van der Waals surface area (Å²) in [5, 5.41) is 10.3. The van der Waals surface area contributed by atoms with Gasteiger partial charge in [0.15, 0.2) is 0 Å². The van der Waals surface area contributed by atoms with Crippen LogP contribution in [0.1, 0.15) is 28.1 Å². The zero-order valence-corrected chi connectivity index (χ0v) is 12.7. The molecule has 0 bridgehead atoms. The Labute approximate surface area is 127 Å². The largest absolute Gasteiger partial charge is 0.481 e. The highest BCUT2D eigenvalue weighted by molar-refractivity contribution is 7.21. The number of likely N-dealkylation sites (tertiary alicyclic amines) is 1. The van der Waals surface area contributed by atoms with Gasteiger partial charge in [0, 0.05) is 17.8 Å². The van der Waals surface area contributed by atoms with Crippen molar-refractivity contribution in [2.24, 2.45) is 5.92 Å². The molecule has 0 aliphatic carbocycles. The minimum absolute atomic E-state index is 0.0281. The zero-order chi connectivity index (χ0) is 15.0. The number of aliphatic carboxylic acids is 1. The first-order chi connectivity index (χ1) is 10.1. The lowest BCUT2D eigenvalue weighted by molar-refractivity contribution is -0.143. The Hall–Kier alpha value is -1.88. The van der Waals surface area contributed by atoms with Crippen molar-refractivity contribution < 1.29 is 14.7 Å². The van der Waals surface area contributed by atoms with Gasteiger partial charge in [-0.2, -0.15) is 0 Å². The number of nitrogens with zero attached hydrogens (tertiary/aromatic N) is 1. The van der Waals surface area contributed by atoms with Gasteiger partial charge < -0.3 is 10.0 Å². The number of thiophene rings is 1. The fraction of sp³-hybridized carbons (Fsp3) is 0.375. The molecule has 1 fully saturated rings. The molecule has 1 aliphatic heterocycles. The minimum Gasteiger partial charge on any atom is -0.481 e. The number of amides is 1. The van der Waals surface area contributed by atoms with Crippen molar-refractivity contribution in [3.05, 3.63) is 34.7 Å². The number of carboxylic acid groups (broad SMARTS) is 1. The monoisotopic (exact) mass is 303 g/mol. The molecule has 1 saturated heterocycles. The lowest BCUT2D eigenvalue weighted by Crippen LogP contribution is -2.42. The van der Waals surface area contributed by atoms with E-state index < -0.39 is 11.9 Å². The summed E-state index contributed by atoms with van der Waals surface area (Å²) in [5.41, 5.74) is 0.998. The summed E-state index contributed by atoms with van der Waals surface area (Å²) in [6.07, 6.45) is 1.41. The molecule has 110 valence electrons. The van der Waals surface area contributed by atoms with Crippen molar-refractivity contribution in [3.63, 3.8) is 0 Å². The third-order valence-electron chi connectivity index (χ3n) is 4.10. The summed E-state index contributed by atoms with van der Waals surface area (Å²) in [4.78, 5) is 26.3. The lowest BCUT2D eigenvalue weighted by atomic mass is 9.98. The normalized spacial score (nSPS) is 18.9. The van der Waals surface area contributed by atoms with E-state index in [0.29, 0.717) is 19.5 Å². The van der Waals surface area contributed by atoms with Crippen LogP contribution in [0.25, 0.3) is 10.1 Å². The molecule has 0 saturated carbocycles. The van der Waals surface area contributed by atoms with Crippen LogP contribution < -0.4 is 0 Å². The summed E-state index contributed by atoms with van der Waals surface area (Å²) in [6.45, 7) is 2.93. The van der Waals surface area contributed by atoms with Gasteiger partial charge in [-0.3, -0.25) is 9.59 Å². The fourth-order valence-electron chi connectivity index (χ4n) is 2.89. The number of hydrogen-bond donors (Lipinski definition) is 1. The number of hydrogen-bond acceptors (Lipinski definition) is 3. The molecule has 1 amide bonds. The van der Waals surface area contributed by atoms with E-state index >= 15 is 0 Å². The van der Waals surface area contributed by atoms with Crippen LogP contribution in [0.15, 0.2) is 24.3 Å². The smallest absolute Gasteiger partial charge is 0.308 e. The van der Waals surface area contributed by atoms with Gasteiger partial charge in [0.05, 0.1) is 10.8 Å². The van der Waals surface area contributed by atoms with E-state index in [1.165, 1.54) is 11.3 Å². The van der Waals surface area contributed by atoms with Gasteiger partial charge in [0.25, 0.3) is 5.91 Å². The Morgan fingerprint density at radius 3 is 2.81 bits per heavy atom. The second kappa shape index (κ2) is 5.48. The first kappa shape index (κ1) is 14.1. The average Bonchev–Trinajstić information content (AvgIpc) is 2.84. The summed E-state index contributed by atoms with van der Waals surface area (Å²) in [5.74, 6) is -1.27. The standard InChI is InChI=1S/C16H17NO3S/c1-10-12-6-2-3-7-13(12)21-14(10)15(18)17-8-4-5-11(9-17)16(19)20/h2-3,6-7,11H,4-5,8-9H2,1H3,(H,19,20). The van der Waals surface area contributed by atoms with Crippen LogP contribution in [0.2, 0.25) is 0 Å². The number of piperidine rings is 1. The van der Waals surface area contributed by atoms with Crippen molar-refractivity contribution in [3.8, 4) is 0 Å². The number of aryl methyl sites for hydroxylation is 1. The molecule has 1 N–H and O–H groups in total. The third kappa shape index (κ3) is 2.53. The maximum atomic E-state index is 12.7. The van der Waals surface area contributed by atoms with Gasteiger partial charge >= 0.3 is 5.97 Å². The minimum atomic E-state index is -0.805. The van der Waals surface area contributed by atoms with Crippen LogP contribution in [0.4, 0.5) is 0 Å². The van der Waals surface area contributed by atoms with Crippen LogP contribution in [-0.4, -0.2) is 35.0 Å². The lowest BCUT2D eigenvalue weighted by Gasteiger charge is -2.30. The molecule has 2 aromatic rings. The molecule has 2 heterocycles. The molecule has 1 aliphatic rings. The van der Waals surface area contributed by atoms with E-state index in [1.807, 2.05) is 31.2 Å². The first-order valence-corrected chi connectivity index (χ1v) is 7.90. The molecular weight excluding hydrogens is 286 g/mol. The SMILES string of the molecule is Cc1c(C(=O)N2CCCC(C(=O)O)C2)sc2ccccc12. The van der Waals surface area contributed by atoms with Crippen molar-refractivity contribution in [1.82, 2.24) is 4.90 Å². The summed E-state index contributed by atoms with van der Waals surface area (Å²) >= 11 is 1.50. The fourth-order valence-corrected chi connectivity index (χ4v) is 4.06. The Morgan fingerprint density at radius 2 is 2.10 bits per heavy atom. The van der Waals surface area contributed by atoms with Gasteiger partial charge in [-0.15, -0.1) is 11.3 Å². The van der Waals surface area contributed by atoms with Crippen molar-refractivity contribution in [2.45, 2.75) is 19.8 Å². The second-order valence-corrected chi connectivity index (χ2v) is 6.53. The molecule has 21 heavy (non-hydrogen) atoms. The summed E-state index contributed by atoms with van der Waals surface area (Å²) < 4.78 is 1.10. The predicted molar refractivity (Wildman–Crippen MR) is 82.8 cm³/mol. The molecule has 5 heteroatoms. The number of carboxylic acids is 1. The molecule has 0 radical (unpaired) electrons. The van der Waals surface area contributed by atoms with E-state index in [1.54, 1.807) is 4.90 Å². The maximum absolute atomic E-state index is 12.7. The number of benzene rings is 1. The van der Waals surface area contributed by atoms with Gasteiger partial charge in [-0.1, -0.05) is 18.2 Å². The van der Waals surface area contributed by atoms with E-state index in [9.17, 15) is 9.59 Å². The van der Waals surface area contributed by atoms with Crippen LogP contribution in [0.3, 0.4) is 0 Å². The Balaban J connectivity index is 1.90. The predicted octanol–water partition coefficient (Wildman–Crippen LogP) is 3.15. The molecule has 3 rings (SSSR count). The molecule has 1 aromatic carbocycles. The third-order valence-corrected chi connectivity index (χ3v) is 5.36. The van der Waals surface area contributed by atoms with Crippen LogP contribution in [0.5, 0.6) is 0 Å². The molecule has 1 unspecified atom stereocenters. The quantitative estimate of drug-likeness (QED) is 0.927. The van der Waals surface area contributed by atoms with E-state index in [2.05, 4.69) is 0 Å². The van der Waals surface area contributed by atoms with Crippen LogP contribution in [-0.2, 0) is 4.79 Å². The molecule has 0 spiro atoms. The zero-order valence-electron chi connectivity index (χ0n) is 11.8. The molecule has 4 nitrogen and oxygen atoms in total. The number of carbonyl (C=O) groups is 2. The van der Waals surface area contributed by atoms with Crippen molar-refractivity contribution >= 4 is 33.3 Å². The summed E-state index contributed by atoms with van der Waals surface area (Å²) in [7, 11) is 0. The maximum Gasteiger partial charge on any atom is 0.308 e. The van der Waals surface area contributed by atoms with E-state index in [0.717, 1.165) is 26.9 Å². The second-order valence-electron chi connectivity index (χ2n) is 5.48. The van der Waals surface area contributed by atoms with E-state index in [-0.39, 0.29) is 5.91 Å². The molecule has 1 atom stereocenters. The van der Waals surface area contributed by atoms with E-state index in [4.69, 9.17) is 5.11 Å². The summed E-state index contributed by atoms with van der Waals surface area (Å²) in [6, 6.07) is 7.97. The highest BCUT2D eigenvalue weighted by atomic mass is 32.1. The van der Waals surface area contributed by atoms with Crippen molar-refractivity contribution in [2.75, 3.05) is 13.1 Å². The first-order valence-electron chi connectivity index (χ1n) is 7.08. The number of rotatable bonds is 2. The van der Waals surface area contributed by atoms with Crippen molar-refractivity contribution in [1.29, 1.82) is 0 Å². The Morgan fingerprint density at radius 1 is 1.33 bits per heavy atom. The Bertz CT molecular complexity index is 707. The van der Waals surface area contributed by atoms with Gasteiger partial charge in [-0.25, -0.2) is 0 Å². The van der Waals surface area contributed by atoms with Crippen LogP contribution >= 0.6 is 11.3 Å². The van der Waals surface area contributed by atoms with Crippen LogP contribution in [0, 0.1) is 12.8 Å². The van der Waals surface area contributed by atoms with Gasteiger partial charge in [0.1, 0.15) is 0 Å². The molecule has 1 aromatic heterocycles. The van der Waals surface area contributed by atoms with Gasteiger partial charge in [-0.05, 0) is 36.8 Å². The number of carbonyl (C=O) groups excluding carboxylic acids is 1. The Kier molecular flexibility index (Phi) is 3.68. The molecular formula is C16H17NO3S. The highest BCUT2D eigenvalue weighted by Crippen LogP contribution is 2.32. The highest BCUT2D eigenvalue weighted by Gasteiger charge is 2.30. The number of fused-ring (bicyclic) bond motifs is 1.